The second-order valence-electron chi connectivity index (χ2n) is 7.84. The van der Waals surface area contributed by atoms with E-state index in [0.29, 0.717) is 35.2 Å². The molecule has 2 aromatic carbocycles. The summed E-state index contributed by atoms with van der Waals surface area (Å²) in [6.07, 6.45) is 0.621. The SMILES string of the molecule is CC(=O)[C@H](CC(C)C)Nc1cc(C(N)=O)nc(-c2ccc(Oc3ccc(F)cc3)cc2)n1. The summed E-state index contributed by atoms with van der Waals surface area (Å²) in [6.45, 7) is 5.55. The summed E-state index contributed by atoms with van der Waals surface area (Å²) in [5, 5.41) is 3.10. The van der Waals surface area contributed by atoms with Gasteiger partial charge in [-0.1, -0.05) is 13.8 Å². The number of hydrogen-bond acceptors (Lipinski definition) is 6. The average Bonchev–Trinajstić information content (AvgIpc) is 2.75. The third kappa shape index (κ3) is 6.10. The van der Waals surface area contributed by atoms with Gasteiger partial charge in [0.05, 0.1) is 6.04 Å². The number of nitrogens with zero attached hydrogens (tertiary/aromatic N) is 2. The van der Waals surface area contributed by atoms with E-state index < -0.39 is 11.9 Å². The number of nitrogens with two attached hydrogens (primary N) is 1. The fourth-order valence-electron chi connectivity index (χ4n) is 3.06. The van der Waals surface area contributed by atoms with Gasteiger partial charge in [0.1, 0.15) is 28.8 Å². The minimum absolute atomic E-state index is 0.0261. The van der Waals surface area contributed by atoms with Crippen molar-refractivity contribution >= 4 is 17.5 Å². The summed E-state index contributed by atoms with van der Waals surface area (Å²) in [5.41, 5.74) is 6.12. The van der Waals surface area contributed by atoms with E-state index in [4.69, 9.17) is 10.5 Å². The van der Waals surface area contributed by atoms with Crippen LogP contribution in [-0.4, -0.2) is 27.7 Å². The molecular weight excluding hydrogens is 411 g/mol. The first-order chi connectivity index (χ1) is 15.2. The van der Waals surface area contributed by atoms with Gasteiger partial charge in [0, 0.05) is 11.6 Å². The summed E-state index contributed by atoms with van der Waals surface area (Å²) < 4.78 is 18.7. The predicted octanol–water partition coefficient (Wildman–Crippen LogP) is 4.59. The summed E-state index contributed by atoms with van der Waals surface area (Å²) >= 11 is 0. The Labute approximate surface area is 185 Å². The molecule has 0 saturated carbocycles. The Morgan fingerprint density at radius 2 is 1.62 bits per heavy atom. The molecule has 166 valence electrons. The van der Waals surface area contributed by atoms with E-state index in [1.54, 1.807) is 24.3 Å². The number of hydrogen-bond donors (Lipinski definition) is 2. The van der Waals surface area contributed by atoms with Crippen molar-refractivity contribution in [3.8, 4) is 22.9 Å². The highest BCUT2D eigenvalue weighted by Gasteiger charge is 2.18. The molecule has 7 nitrogen and oxygen atoms in total. The molecule has 0 bridgehead atoms. The number of carbonyl (C=O) groups is 2. The summed E-state index contributed by atoms with van der Waals surface area (Å²) in [7, 11) is 0. The highest BCUT2D eigenvalue weighted by atomic mass is 19.1. The van der Waals surface area contributed by atoms with Crippen molar-refractivity contribution in [3.63, 3.8) is 0 Å². The monoisotopic (exact) mass is 436 g/mol. The minimum atomic E-state index is -0.698. The quantitative estimate of drug-likeness (QED) is 0.508. The molecule has 3 rings (SSSR count). The van der Waals surface area contributed by atoms with Crippen LogP contribution in [0.2, 0.25) is 0 Å². The molecule has 0 radical (unpaired) electrons. The Balaban J connectivity index is 1.86. The number of ketones is 1. The van der Waals surface area contributed by atoms with Gasteiger partial charge in [-0.25, -0.2) is 14.4 Å². The number of anilines is 1. The Hall–Kier alpha value is -3.81. The number of ether oxygens (including phenoxy) is 1. The van der Waals surface area contributed by atoms with Gasteiger partial charge in [-0.3, -0.25) is 9.59 Å². The molecule has 0 aliphatic carbocycles. The van der Waals surface area contributed by atoms with Gasteiger partial charge in [-0.15, -0.1) is 0 Å². The maximum atomic E-state index is 13.0. The van der Waals surface area contributed by atoms with Crippen molar-refractivity contribution in [1.29, 1.82) is 0 Å². The van der Waals surface area contributed by atoms with Crippen molar-refractivity contribution in [1.82, 2.24) is 9.97 Å². The normalized spacial score (nSPS) is 11.8. The molecule has 1 atom stereocenters. The van der Waals surface area contributed by atoms with Gasteiger partial charge in [0.25, 0.3) is 5.91 Å². The van der Waals surface area contributed by atoms with Crippen molar-refractivity contribution < 1.29 is 18.7 Å². The lowest BCUT2D eigenvalue weighted by Crippen LogP contribution is -2.30. The number of primary amides is 1. The summed E-state index contributed by atoms with van der Waals surface area (Å²) in [4.78, 5) is 32.6. The van der Waals surface area contributed by atoms with Gasteiger partial charge in [0.2, 0.25) is 0 Å². The smallest absolute Gasteiger partial charge is 0.267 e. The van der Waals surface area contributed by atoms with Crippen LogP contribution in [0.5, 0.6) is 11.5 Å². The van der Waals surface area contributed by atoms with Crippen molar-refractivity contribution in [2.45, 2.75) is 33.2 Å². The lowest BCUT2D eigenvalue weighted by atomic mass is 10.0. The Bertz CT molecular complexity index is 1100. The van der Waals surface area contributed by atoms with E-state index in [2.05, 4.69) is 15.3 Å². The standard InChI is InChI=1S/C24H25FN4O3/c1-14(2)12-20(15(3)30)27-22-13-21(23(26)31)28-24(29-22)16-4-8-18(9-5-16)32-19-10-6-17(25)7-11-19/h4-11,13-14,20H,12H2,1-3H3,(H2,26,31)(H,27,28,29)/t20-/m0/s1. The fourth-order valence-corrected chi connectivity index (χ4v) is 3.06. The second kappa shape index (κ2) is 10.00. The average molecular weight is 436 g/mol. The maximum Gasteiger partial charge on any atom is 0.267 e. The van der Waals surface area contributed by atoms with E-state index in [9.17, 15) is 14.0 Å². The largest absolute Gasteiger partial charge is 0.457 e. The van der Waals surface area contributed by atoms with Crippen molar-refractivity contribution in [3.05, 3.63) is 66.1 Å². The second-order valence-corrected chi connectivity index (χ2v) is 7.84. The number of amides is 1. The third-order valence-electron chi connectivity index (χ3n) is 4.66. The number of rotatable bonds is 9. The molecule has 3 aromatic rings. The molecule has 1 aromatic heterocycles. The molecule has 0 fully saturated rings. The minimum Gasteiger partial charge on any atom is -0.457 e. The summed E-state index contributed by atoms with van der Waals surface area (Å²) in [6, 6.07) is 13.6. The number of carbonyl (C=O) groups excluding carboxylic acids is 2. The molecule has 32 heavy (non-hydrogen) atoms. The first-order valence-corrected chi connectivity index (χ1v) is 10.2. The van der Waals surface area contributed by atoms with Gasteiger partial charge >= 0.3 is 0 Å². The van der Waals surface area contributed by atoms with Crippen LogP contribution in [0.4, 0.5) is 10.2 Å². The molecule has 1 amide bonds. The number of benzene rings is 2. The molecule has 0 unspecified atom stereocenters. The van der Waals surface area contributed by atoms with Crippen LogP contribution in [-0.2, 0) is 4.79 Å². The van der Waals surface area contributed by atoms with E-state index in [0.717, 1.165) is 0 Å². The molecule has 0 aliphatic heterocycles. The van der Waals surface area contributed by atoms with Crippen LogP contribution < -0.4 is 15.8 Å². The molecule has 1 heterocycles. The zero-order valence-corrected chi connectivity index (χ0v) is 18.1. The lowest BCUT2D eigenvalue weighted by Gasteiger charge is -2.19. The van der Waals surface area contributed by atoms with E-state index >= 15 is 0 Å². The zero-order chi connectivity index (χ0) is 23.3. The van der Waals surface area contributed by atoms with Gasteiger partial charge in [0.15, 0.2) is 11.6 Å². The lowest BCUT2D eigenvalue weighted by molar-refractivity contribution is -0.118. The number of halogens is 1. The molecule has 0 aliphatic rings. The van der Waals surface area contributed by atoms with Crippen LogP contribution in [0.3, 0.4) is 0 Å². The first kappa shape index (κ1) is 22.9. The van der Waals surface area contributed by atoms with Crippen LogP contribution in [0, 0.1) is 11.7 Å². The third-order valence-corrected chi connectivity index (χ3v) is 4.66. The van der Waals surface area contributed by atoms with Crippen LogP contribution in [0.15, 0.2) is 54.6 Å². The molecule has 8 heteroatoms. The van der Waals surface area contributed by atoms with Crippen molar-refractivity contribution in [2.24, 2.45) is 11.7 Å². The molecule has 3 N–H and O–H groups in total. The Morgan fingerprint density at radius 3 is 2.16 bits per heavy atom. The molecular formula is C24H25FN4O3. The van der Waals surface area contributed by atoms with E-state index in [1.807, 2.05) is 13.8 Å². The Morgan fingerprint density at radius 1 is 1.03 bits per heavy atom. The van der Waals surface area contributed by atoms with Crippen LogP contribution >= 0.6 is 0 Å². The van der Waals surface area contributed by atoms with Crippen LogP contribution in [0.25, 0.3) is 11.4 Å². The highest BCUT2D eigenvalue weighted by Crippen LogP contribution is 2.26. The van der Waals surface area contributed by atoms with Gasteiger partial charge in [-0.2, -0.15) is 0 Å². The number of Topliss-reactive ketones (excluding diaryl/α,β-unsaturated/α-hetero) is 1. The number of nitrogens with one attached hydrogen (secondary N) is 1. The van der Waals surface area contributed by atoms with Gasteiger partial charge in [-0.05, 0) is 67.8 Å². The highest BCUT2D eigenvalue weighted by molar-refractivity contribution is 5.92. The predicted molar refractivity (Wildman–Crippen MR) is 120 cm³/mol. The zero-order valence-electron chi connectivity index (χ0n) is 18.1. The summed E-state index contributed by atoms with van der Waals surface area (Å²) in [5.74, 6) is 0.889. The fraction of sp³-hybridized carbons (Fsp3) is 0.250. The topological polar surface area (TPSA) is 107 Å². The maximum absolute atomic E-state index is 13.0. The van der Waals surface area contributed by atoms with Gasteiger partial charge < -0.3 is 15.8 Å². The first-order valence-electron chi connectivity index (χ1n) is 10.2. The van der Waals surface area contributed by atoms with E-state index in [1.165, 1.54) is 37.3 Å². The molecule has 0 spiro atoms. The number of aromatic nitrogens is 2. The van der Waals surface area contributed by atoms with E-state index in [-0.39, 0.29) is 23.1 Å². The van der Waals surface area contributed by atoms with Crippen LogP contribution in [0.1, 0.15) is 37.7 Å². The van der Waals surface area contributed by atoms with Crippen molar-refractivity contribution in [2.75, 3.05) is 5.32 Å². The molecule has 0 saturated heterocycles. The Kier molecular flexibility index (Phi) is 7.14.